The summed E-state index contributed by atoms with van der Waals surface area (Å²) in [4.78, 5) is 32.8. The number of halogens is 2. The maximum atomic E-state index is 13.5. The Morgan fingerprint density at radius 1 is 1.21 bits per heavy atom. The van der Waals surface area contributed by atoms with Crippen LogP contribution in [-0.4, -0.2) is 58.2 Å². The highest BCUT2D eigenvalue weighted by atomic mass is 35.5. The zero-order valence-electron chi connectivity index (χ0n) is 18.2. The number of nitrogens with zero attached hydrogens (tertiary/aromatic N) is 2. The molecule has 0 spiro atoms. The molecule has 3 aromatic rings. The minimum Gasteiger partial charge on any atom is -0.492 e. The molecular formula is C22H23ClFN5O4S. The van der Waals surface area contributed by atoms with Crippen LogP contribution in [0.3, 0.4) is 0 Å². The molecule has 2 amide bonds. The van der Waals surface area contributed by atoms with Gasteiger partial charge in [-0.1, -0.05) is 11.6 Å². The Kier molecular flexibility index (Phi) is 9.25. The van der Waals surface area contributed by atoms with Crippen LogP contribution in [0, 0.1) is 5.82 Å². The maximum absolute atomic E-state index is 13.5. The number of ether oxygens (including phenoxy) is 1. The van der Waals surface area contributed by atoms with Crippen molar-refractivity contribution in [1.82, 2.24) is 15.3 Å². The predicted octanol–water partition coefficient (Wildman–Crippen LogP) is 3.34. The number of aromatic nitrogens is 2. The van der Waals surface area contributed by atoms with Gasteiger partial charge < -0.3 is 25.8 Å². The van der Waals surface area contributed by atoms with E-state index in [9.17, 15) is 14.0 Å². The first-order valence-electron chi connectivity index (χ1n) is 10.3. The van der Waals surface area contributed by atoms with Crippen molar-refractivity contribution in [2.75, 3.05) is 41.9 Å². The second kappa shape index (κ2) is 12.4. The van der Waals surface area contributed by atoms with Crippen molar-refractivity contribution in [2.24, 2.45) is 0 Å². The Labute approximate surface area is 204 Å². The number of amides is 2. The van der Waals surface area contributed by atoms with E-state index in [2.05, 4.69) is 25.9 Å². The minimum atomic E-state index is -0.537. The zero-order valence-corrected chi connectivity index (χ0v) is 19.8. The van der Waals surface area contributed by atoms with E-state index < -0.39 is 11.7 Å². The molecule has 0 saturated heterocycles. The topological polar surface area (TPSA) is 125 Å². The number of anilines is 3. The number of rotatable bonds is 11. The van der Waals surface area contributed by atoms with Gasteiger partial charge in [-0.25, -0.2) is 14.4 Å². The van der Waals surface area contributed by atoms with Crippen LogP contribution in [0.25, 0.3) is 10.9 Å². The number of carbonyl (C=O) groups excluding carboxylic acids is 2. The summed E-state index contributed by atoms with van der Waals surface area (Å²) in [7, 11) is 0. The van der Waals surface area contributed by atoms with Gasteiger partial charge in [0.2, 0.25) is 11.8 Å². The van der Waals surface area contributed by atoms with Crippen LogP contribution < -0.4 is 20.7 Å². The molecule has 0 aliphatic rings. The molecule has 0 bridgehead atoms. The highest BCUT2D eigenvalue weighted by Gasteiger charge is 2.14. The van der Waals surface area contributed by atoms with Crippen LogP contribution in [0.2, 0.25) is 5.02 Å². The molecule has 4 N–H and O–H groups in total. The Morgan fingerprint density at radius 3 is 2.76 bits per heavy atom. The lowest BCUT2D eigenvalue weighted by atomic mass is 10.1. The number of carbonyl (C=O) groups is 2. The molecule has 0 fully saturated rings. The molecule has 0 radical (unpaired) electrons. The van der Waals surface area contributed by atoms with Gasteiger partial charge in [0, 0.05) is 22.9 Å². The number of aliphatic hydroxyl groups excluding tert-OH is 1. The van der Waals surface area contributed by atoms with Gasteiger partial charge in [0.1, 0.15) is 23.7 Å². The van der Waals surface area contributed by atoms with E-state index in [0.717, 1.165) is 0 Å². The molecule has 0 atom stereocenters. The van der Waals surface area contributed by atoms with Crippen molar-refractivity contribution in [3.63, 3.8) is 0 Å². The fraction of sp³-hybridized carbons (Fsp3) is 0.273. The smallest absolute Gasteiger partial charge is 0.243 e. The van der Waals surface area contributed by atoms with Crippen molar-refractivity contribution in [2.45, 2.75) is 6.92 Å². The molecule has 180 valence electrons. The van der Waals surface area contributed by atoms with Gasteiger partial charge in [0.25, 0.3) is 0 Å². The lowest BCUT2D eigenvalue weighted by Gasteiger charge is -2.15. The van der Waals surface area contributed by atoms with Crippen LogP contribution in [0.1, 0.15) is 6.92 Å². The first-order valence-corrected chi connectivity index (χ1v) is 11.8. The van der Waals surface area contributed by atoms with Crippen molar-refractivity contribution in [3.05, 3.63) is 47.5 Å². The van der Waals surface area contributed by atoms with Crippen molar-refractivity contribution >= 4 is 63.3 Å². The zero-order chi connectivity index (χ0) is 24.5. The van der Waals surface area contributed by atoms with Gasteiger partial charge >= 0.3 is 0 Å². The first-order chi connectivity index (χ1) is 16.4. The third-order valence-electron chi connectivity index (χ3n) is 4.41. The lowest BCUT2D eigenvalue weighted by molar-refractivity contribution is -0.122. The predicted molar refractivity (Wildman–Crippen MR) is 131 cm³/mol. The van der Waals surface area contributed by atoms with Gasteiger partial charge in [0.15, 0.2) is 0 Å². The number of aliphatic hydroxyl groups is 1. The lowest BCUT2D eigenvalue weighted by Crippen LogP contribution is -2.34. The minimum absolute atomic E-state index is 0.0185. The molecule has 2 aromatic carbocycles. The molecule has 0 unspecified atom stereocenters. The molecule has 1 heterocycles. The van der Waals surface area contributed by atoms with Gasteiger partial charge in [-0.15, -0.1) is 11.8 Å². The van der Waals surface area contributed by atoms with Crippen molar-refractivity contribution in [3.8, 4) is 5.75 Å². The standard InChI is InChI=1S/C22H23ClFN5O4S/c1-2-33-19-9-17-14(8-18(19)29-20(31)10-25-21(32)11-34-6-5-30)22(27-12-26-17)28-13-3-4-16(24)15(23)7-13/h3-4,7-9,12,30H,2,5-6,10-11H2,1H3,(H,25,32)(H,29,31)(H,26,27,28). The highest BCUT2D eigenvalue weighted by Crippen LogP contribution is 2.33. The molecule has 12 heteroatoms. The van der Waals surface area contributed by atoms with E-state index in [0.29, 0.717) is 46.2 Å². The van der Waals surface area contributed by atoms with E-state index in [1.165, 1.54) is 36.3 Å². The van der Waals surface area contributed by atoms with Crippen molar-refractivity contribution < 1.29 is 23.8 Å². The fourth-order valence-electron chi connectivity index (χ4n) is 2.92. The van der Waals surface area contributed by atoms with Crippen LogP contribution >= 0.6 is 23.4 Å². The SMILES string of the molecule is CCOc1cc2ncnc(Nc3ccc(F)c(Cl)c3)c2cc1NC(=O)CNC(=O)CSCCO. The number of hydrogen-bond donors (Lipinski definition) is 4. The highest BCUT2D eigenvalue weighted by molar-refractivity contribution is 7.99. The summed E-state index contributed by atoms with van der Waals surface area (Å²) in [6.07, 6.45) is 1.37. The average Bonchev–Trinajstić information content (AvgIpc) is 2.81. The quantitative estimate of drug-likeness (QED) is 0.291. The summed E-state index contributed by atoms with van der Waals surface area (Å²) in [6, 6.07) is 7.52. The molecule has 0 aliphatic heterocycles. The van der Waals surface area contributed by atoms with Gasteiger partial charge in [-0.2, -0.15) is 0 Å². The molecule has 3 rings (SSSR count). The van der Waals surface area contributed by atoms with E-state index in [4.69, 9.17) is 21.4 Å². The number of nitrogens with one attached hydrogen (secondary N) is 3. The Balaban J connectivity index is 1.81. The summed E-state index contributed by atoms with van der Waals surface area (Å²) >= 11 is 7.14. The summed E-state index contributed by atoms with van der Waals surface area (Å²) < 4.78 is 19.2. The average molecular weight is 508 g/mol. The molecular weight excluding hydrogens is 485 g/mol. The molecule has 9 nitrogen and oxygen atoms in total. The summed E-state index contributed by atoms with van der Waals surface area (Å²) in [5, 5.41) is 17.7. The molecule has 0 aliphatic carbocycles. The number of thioether (sulfide) groups is 1. The monoisotopic (exact) mass is 507 g/mol. The third kappa shape index (κ3) is 6.92. The summed E-state index contributed by atoms with van der Waals surface area (Å²) in [5.41, 5.74) is 1.45. The Bertz CT molecular complexity index is 1180. The van der Waals surface area contributed by atoms with Crippen LogP contribution in [-0.2, 0) is 9.59 Å². The van der Waals surface area contributed by atoms with E-state index in [1.807, 2.05) is 6.92 Å². The normalized spacial score (nSPS) is 10.7. The first kappa shape index (κ1) is 25.5. The molecule has 34 heavy (non-hydrogen) atoms. The van der Waals surface area contributed by atoms with Gasteiger partial charge in [-0.05, 0) is 31.2 Å². The summed E-state index contributed by atoms with van der Waals surface area (Å²) in [6.45, 7) is 1.92. The maximum Gasteiger partial charge on any atom is 0.243 e. The second-order valence-electron chi connectivity index (χ2n) is 6.88. The number of fused-ring (bicyclic) bond motifs is 1. The largest absolute Gasteiger partial charge is 0.492 e. The van der Waals surface area contributed by atoms with E-state index >= 15 is 0 Å². The van der Waals surface area contributed by atoms with Crippen molar-refractivity contribution in [1.29, 1.82) is 0 Å². The second-order valence-corrected chi connectivity index (χ2v) is 8.39. The molecule has 1 aromatic heterocycles. The number of hydrogen-bond acceptors (Lipinski definition) is 8. The third-order valence-corrected chi connectivity index (χ3v) is 5.64. The van der Waals surface area contributed by atoms with Crippen LogP contribution in [0.15, 0.2) is 36.7 Å². The Morgan fingerprint density at radius 2 is 2.03 bits per heavy atom. The van der Waals surface area contributed by atoms with E-state index in [-0.39, 0.29) is 29.8 Å². The van der Waals surface area contributed by atoms with Crippen LogP contribution in [0.5, 0.6) is 5.75 Å². The van der Waals surface area contributed by atoms with E-state index in [1.54, 1.807) is 12.1 Å². The van der Waals surface area contributed by atoms with Crippen LogP contribution in [0.4, 0.5) is 21.6 Å². The Hall–Kier alpha value is -3.15. The number of benzene rings is 2. The fourth-order valence-corrected chi connectivity index (χ4v) is 3.66. The van der Waals surface area contributed by atoms with Gasteiger partial charge in [-0.3, -0.25) is 9.59 Å². The van der Waals surface area contributed by atoms with Gasteiger partial charge in [0.05, 0.1) is 41.7 Å². The molecule has 0 saturated carbocycles. The summed E-state index contributed by atoms with van der Waals surface area (Å²) in [5.74, 6) is 0.117.